The van der Waals surface area contributed by atoms with Crippen LogP contribution in [0.3, 0.4) is 0 Å². The molecule has 2 rings (SSSR count). The summed E-state index contributed by atoms with van der Waals surface area (Å²) < 4.78 is 26.6. The molecule has 0 radical (unpaired) electrons. The summed E-state index contributed by atoms with van der Waals surface area (Å²) in [5.74, 6) is -0.293. The Morgan fingerprint density at radius 3 is 2.95 bits per heavy atom. The monoisotopic (exact) mass is 317 g/mol. The molecule has 0 aromatic carbocycles. The van der Waals surface area contributed by atoms with E-state index in [9.17, 15) is 13.2 Å². The van der Waals surface area contributed by atoms with Crippen LogP contribution in [0.4, 0.5) is 0 Å². The van der Waals surface area contributed by atoms with Crippen molar-refractivity contribution in [3.05, 3.63) is 17.5 Å². The zero-order valence-corrected chi connectivity index (χ0v) is 12.9. The first-order chi connectivity index (χ1) is 9.49. The highest BCUT2D eigenvalue weighted by molar-refractivity contribution is 7.91. The minimum absolute atomic E-state index is 0.0740. The van der Waals surface area contributed by atoms with Gasteiger partial charge in [0.15, 0.2) is 0 Å². The van der Waals surface area contributed by atoms with Crippen LogP contribution in [0, 0.1) is 0 Å². The Morgan fingerprint density at radius 2 is 2.35 bits per heavy atom. The molecule has 1 fully saturated rings. The molecule has 1 aliphatic rings. The predicted octanol–water partition coefficient (Wildman–Crippen LogP) is 0.283. The van der Waals surface area contributed by atoms with Crippen LogP contribution in [0.15, 0.2) is 21.7 Å². The quantitative estimate of drug-likeness (QED) is 0.728. The molecule has 112 valence electrons. The first-order valence-corrected chi connectivity index (χ1v) is 8.92. The number of amides is 1. The maximum Gasteiger partial charge on any atom is 0.250 e. The average Bonchev–Trinajstić information content (AvgIpc) is 2.94. The van der Waals surface area contributed by atoms with Crippen molar-refractivity contribution in [2.45, 2.75) is 36.1 Å². The van der Waals surface area contributed by atoms with Crippen LogP contribution in [0.1, 0.15) is 19.8 Å². The largest absolute Gasteiger partial charge is 0.351 e. The smallest absolute Gasteiger partial charge is 0.250 e. The Bertz CT molecular complexity index is 536. The fourth-order valence-electron chi connectivity index (χ4n) is 2.06. The molecule has 1 amide bonds. The number of carbonyl (C=O) groups excluding carboxylic acids is 1. The normalized spacial score (nSPS) is 21.4. The van der Waals surface area contributed by atoms with Crippen molar-refractivity contribution < 1.29 is 13.2 Å². The van der Waals surface area contributed by atoms with Crippen LogP contribution in [0.5, 0.6) is 0 Å². The maximum absolute atomic E-state index is 12.0. The minimum Gasteiger partial charge on any atom is -0.351 e. The Labute approximate surface area is 123 Å². The van der Waals surface area contributed by atoms with E-state index in [4.69, 9.17) is 0 Å². The van der Waals surface area contributed by atoms with Crippen LogP contribution in [0.25, 0.3) is 0 Å². The second-order valence-corrected chi connectivity index (χ2v) is 7.72. The number of hydrogen-bond acceptors (Lipinski definition) is 5. The lowest BCUT2D eigenvalue weighted by atomic mass is 10.1. The van der Waals surface area contributed by atoms with Gasteiger partial charge in [-0.05, 0) is 37.8 Å². The third kappa shape index (κ3) is 4.02. The molecular formula is C12H19N3O3S2. The van der Waals surface area contributed by atoms with E-state index in [-0.39, 0.29) is 16.2 Å². The van der Waals surface area contributed by atoms with Gasteiger partial charge in [0.05, 0.1) is 6.04 Å². The summed E-state index contributed by atoms with van der Waals surface area (Å²) in [6.07, 6.45) is 1.93. The predicted molar refractivity (Wildman–Crippen MR) is 78.1 cm³/mol. The van der Waals surface area contributed by atoms with E-state index in [1.165, 1.54) is 6.07 Å². The molecular weight excluding hydrogens is 298 g/mol. The third-order valence-electron chi connectivity index (χ3n) is 3.13. The fraction of sp³-hybridized carbons (Fsp3) is 0.583. The molecule has 0 saturated carbocycles. The number of piperidine rings is 1. The molecule has 1 unspecified atom stereocenters. The van der Waals surface area contributed by atoms with Crippen molar-refractivity contribution in [1.29, 1.82) is 0 Å². The Hall–Kier alpha value is -0.960. The summed E-state index contributed by atoms with van der Waals surface area (Å²) >= 11 is 1.13. The Balaban J connectivity index is 1.90. The van der Waals surface area contributed by atoms with Crippen LogP contribution in [-0.4, -0.2) is 39.5 Å². The number of nitrogens with one attached hydrogen (secondary N) is 3. The van der Waals surface area contributed by atoms with Gasteiger partial charge in [-0.25, -0.2) is 8.42 Å². The average molecular weight is 317 g/mol. The van der Waals surface area contributed by atoms with E-state index in [2.05, 4.69) is 15.4 Å². The molecule has 0 spiro atoms. The molecule has 0 aliphatic carbocycles. The van der Waals surface area contributed by atoms with Crippen LogP contribution in [0.2, 0.25) is 0 Å². The molecule has 3 N–H and O–H groups in total. The number of rotatable bonds is 5. The van der Waals surface area contributed by atoms with Gasteiger partial charge in [-0.2, -0.15) is 4.72 Å². The molecule has 20 heavy (non-hydrogen) atoms. The van der Waals surface area contributed by atoms with Crippen molar-refractivity contribution in [2.75, 3.05) is 13.1 Å². The van der Waals surface area contributed by atoms with Crippen LogP contribution < -0.4 is 15.4 Å². The zero-order chi connectivity index (χ0) is 14.6. The van der Waals surface area contributed by atoms with Gasteiger partial charge >= 0.3 is 0 Å². The van der Waals surface area contributed by atoms with Gasteiger partial charge in [0, 0.05) is 12.6 Å². The summed E-state index contributed by atoms with van der Waals surface area (Å²) in [6, 6.07) is 2.47. The second kappa shape index (κ2) is 6.66. The van der Waals surface area contributed by atoms with Gasteiger partial charge in [0.25, 0.3) is 10.0 Å². The Morgan fingerprint density at radius 1 is 1.55 bits per heavy atom. The standard InChI is InChI=1S/C12H19N3O3S2/c1-9(12(16)14-10-4-2-6-13-8-10)15-20(17,18)11-5-3-7-19-11/h3,5,7,9-10,13,15H,2,4,6,8H2,1H3,(H,14,16)/t9?,10-/m0/s1. The van der Waals surface area contributed by atoms with Crippen molar-refractivity contribution in [2.24, 2.45) is 0 Å². The van der Waals surface area contributed by atoms with E-state index in [1.54, 1.807) is 18.4 Å². The van der Waals surface area contributed by atoms with Crippen molar-refractivity contribution in [3.8, 4) is 0 Å². The van der Waals surface area contributed by atoms with Gasteiger partial charge in [0.1, 0.15) is 4.21 Å². The minimum atomic E-state index is -3.61. The van der Waals surface area contributed by atoms with E-state index in [1.807, 2.05) is 0 Å². The van der Waals surface area contributed by atoms with Gasteiger partial charge in [-0.1, -0.05) is 6.07 Å². The summed E-state index contributed by atoms with van der Waals surface area (Å²) in [7, 11) is -3.61. The summed E-state index contributed by atoms with van der Waals surface area (Å²) in [6.45, 7) is 3.25. The van der Waals surface area contributed by atoms with E-state index < -0.39 is 16.1 Å². The van der Waals surface area contributed by atoms with Gasteiger partial charge < -0.3 is 10.6 Å². The third-order valence-corrected chi connectivity index (χ3v) is 6.07. The summed E-state index contributed by atoms with van der Waals surface area (Å²) in [5, 5.41) is 7.75. The molecule has 8 heteroatoms. The molecule has 1 aromatic rings. The number of carbonyl (C=O) groups is 1. The highest BCUT2D eigenvalue weighted by Crippen LogP contribution is 2.15. The van der Waals surface area contributed by atoms with Crippen molar-refractivity contribution in [1.82, 2.24) is 15.4 Å². The first kappa shape index (κ1) is 15.4. The number of hydrogen-bond donors (Lipinski definition) is 3. The van der Waals surface area contributed by atoms with Crippen molar-refractivity contribution in [3.63, 3.8) is 0 Å². The Kier molecular flexibility index (Phi) is 5.14. The number of sulfonamides is 1. The zero-order valence-electron chi connectivity index (χ0n) is 11.3. The molecule has 1 saturated heterocycles. The lowest BCUT2D eigenvalue weighted by Gasteiger charge is -2.25. The van der Waals surface area contributed by atoms with E-state index in [0.717, 1.165) is 37.3 Å². The number of thiophene rings is 1. The topological polar surface area (TPSA) is 87.3 Å². The lowest BCUT2D eigenvalue weighted by molar-refractivity contribution is -0.123. The highest BCUT2D eigenvalue weighted by Gasteiger charge is 2.24. The van der Waals surface area contributed by atoms with Gasteiger partial charge in [-0.3, -0.25) is 4.79 Å². The molecule has 6 nitrogen and oxygen atoms in total. The summed E-state index contributed by atoms with van der Waals surface area (Å²) in [5.41, 5.74) is 0. The van der Waals surface area contributed by atoms with Gasteiger partial charge in [0.2, 0.25) is 5.91 Å². The van der Waals surface area contributed by atoms with Crippen LogP contribution >= 0.6 is 11.3 Å². The molecule has 2 atom stereocenters. The molecule has 2 heterocycles. The van der Waals surface area contributed by atoms with Gasteiger partial charge in [-0.15, -0.1) is 11.3 Å². The second-order valence-electron chi connectivity index (χ2n) is 4.83. The molecule has 1 aliphatic heterocycles. The van der Waals surface area contributed by atoms with E-state index >= 15 is 0 Å². The molecule has 1 aromatic heterocycles. The lowest BCUT2D eigenvalue weighted by Crippen LogP contribution is -2.52. The SMILES string of the molecule is CC(NS(=O)(=O)c1cccs1)C(=O)N[C@H]1CCCNC1. The first-order valence-electron chi connectivity index (χ1n) is 6.56. The molecule has 0 bridgehead atoms. The van der Waals surface area contributed by atoms with Crippen LogP contribution in [-0.2, 0) is 14.8 Å². The maximum atomic E-state index is 12.0. The highest BCUT2D eigenvalue weighted by atomic mass is 32.2. The van der Waals surface area contributed by atoms with E-state index in [0.29, 0.717) is 0 Å². The van der Waals surface area contributed by atoms with Crippen molar-refractivity contribution >= 4 is 27.3 Å². The fourth-order valence-corrected chi connectivity index (χ4v) is 4.27. The summed E-state index contributed by atoms with van der Waals surface area (Å²) in [4.78, 5) is 12.0.